The van der Waals surface area contributed by atoms with Gasteiger partial charge in [-0.15, -0.1) is 0 Å². The standard InChI is InChI=1S/C21H22NO4/c1-3-25-20(23)17-16-13-9-5-6-10-14(13)19(18(17)21(24)26-4-2)22-12-8-7-11-15(16)22/h5-12,16-19H,3-4H2,1-2H3/q+1/t16-,17-,18-,19+/m1/s1. The molecular formula is C21H22NO4+. The summed E-state index contributed by atoms with van der Waals surface area (Å²) < 4.78 is 12.8. The van der Waals surface area contributed by atoms with E-state index in [1.165, 1.54) is 0 Å². The number of aromatic nitrogens is 1. The summed E-state index contributed by atoms with van der Waals surface area (Å²) in [6.45, 7) is 4.15. The highest BCUT2D eigenvalue weighted by Gasteiger charge is 2.61. The molecular weight excluding hydrogens is 330 g/mol. The number of pyridine rings is 1. The molecule has 2 bridgehead atoms. The Morgan fingerprint density at radius 3 is 2.19 bits per heavy atom. The number of nitrogens with zero attached hydrogens (tertiary/aromatic N) is 1. The van der Waals surface area contributed by atoms with Gasteiger partial charge in [0.2, 0.25) is 0 Å². The molecule has 0 fully saturated rings. The van der Waals surface area contributed by atoms with Crippen molar-refractivity contribution < 1.29 is 23.6 Å². The van der Waals surface area contributed by atoms with Crippen molar-refractivity contribution in [2.24, 2.45) is 11.8 Å². The van der Waals surface area contributed by atoms with E-state index in [4.69, 9.17) is 9.47 Å². The molecule has 1 aromatic carbocycles. The number of carbonyl (C=O) groups is 2. The van der Waals surface area contributed by atoms with Crippen molar-refractivity contribution in [1.82, 2.24) is 0 Å². The first-order valence-corrected chi connectivity index (χ1v) is 9.11. The number of benzene rings is 1. The summed E-state index contributed by atoms with van der Waals surface area (Å²) in [6, 6.07) is 13.7. The predicted molar refractivity (Wildman–Crippen MR) is 93.3 cm³/mol. The van der Waals surface area contributed by atoms with Crippen molar-refractivity contribution in [3.05, 3.63) is 65.5 Å². The highest BCUT2D eigenvalue weighted by atomic mass is 16.5. The molecule has 26 heavy (non-hydrogen) atoms. The fourth-order valence-corrected chi connectivity index (χ4v) is 4.54. The van der Waals surface area contributed by atoms with Gasteiger partial charge in [0.1, 0.15) is 5.92 Å². The van der Waals surface area contributed by atoms with E-state index in [1.807, 2.05) is 42.6 Å². The monoisotopic (exact) mass is 352 g/mol. The van der Waals surface area contributed by atoms with Gasteiger partial charge >= 0.3 is 11.9 Å². The van der Waals surface area contributed by atoms with Gasteiger partial charge in [-0.3, -0.25) is 9.59 Å². The summed E-state index contributed by atoms with van der Waals surface area (Å²) in [5.74, 6) is -2.04. The first-order valence-electron chi connectivity index (χ1n) is 9.11. The zero-order valence-corrected chi connectivity index (χ0v) is 14.9. The molecule has 3 heterocycles. The van der Waals surface area contributed by atoms with Gasteiger partial charge < -0.3 is 9.47 Å². The van der Waals surface area contributed by atoms with Crippen LogP contribution in [0.25, 0.3) is 0 Å². The van der Waals surface area contributed by atoms with Crippen LogP contribution in [0.4, 0.5) is 0 Å². The second-order valence-corrected chi connectivity index (χ2v) is 6.64. The Hall–Kier alpha value is -2.69. The molecule has 2 aliphatic heterocycles. The first-order chi connectivity index (χ1) is 12.7. The largest absolute Gasteiger partial charge is 0.466 e. The number of carbonyl (C=O) groups excluding carboxylic acids is 2. The van der Waals surface area contributed by atoms with Crippen LogP contribution in [0.1, 0.15) is 42.6 Å². The van der Waals surface area contributed by atoms with Gasteiger partial charge in [-0.05, 0) is 19.4 Å². The average molecular weight is 352 g/mol. The lowest BCUT2D eigenvalue weighted by molar-refractivity contribution is -0.737. The van der Waals surface area contributed by atoms with Crippen LogP contribution in [-0.2, 0) is 19.1 Å². The minimum atomic E-state index is -0.589. The molecule has 1 aromatic heterocycles. The molecule has 0 N–H and O–H groups in total. The van der Waals surface area contributed by atoms with Crippen LogP contribution in [-0.4, -0.2) is 25.2 Å². The predicted octanol–water partition coefficient (Wildman–Crippen LogP) is 2.38. The molecule has 0 unspecified atom stereocenters. The van der Waals surface area contributed by atoms with E-state index >= 15 is 0 Å². The Morgan fingerprint density at radius 1 is 0.885 bits per heavy atom. The van der Waals surface area contributed by atoms with Crippen molar-refractivity contribution >= 4 is 11.9 Å². The van der Waals surface area contributed by atoms with Gasteiger partial charge in [-0.2, -0.15) is 4.57 Å². The molecule has 134 valence electrons. The lowest BCUT2D eigenvalue weighted by Crippen LogP contribution is -2.62. The number of ether oxygens (including phenoxy) is 2. The highest BCUT2D eigenvalue weighted by molar-refractivity contribution is 5.85. The Morgan fingerprint density at radius 2 is 1.50 bits per heavy atom. The summed E-state index contributed by atoms with van der Waals surface area (Å²) >= 11 is 0. The number of esters is 2. The van der Waals surface area contributed by atoms with Crippen LogP contribution in [0.15, 0.2) is 48.7 Å². The van der Waals surface area contributed by atoms with E-state index in [0.717, 1.165) is 16.8 Å². The van der Waals surface area contributed by atoms with Crippen LogP contribution in [0.3, 0.4) is 0 Å². The number of hydrogen-bond donors (Lipinski definition) is 0. The average Bonchev–Trinajstić information content (AvgIpc) is 2.67. The Bertz CT molecular complexity index is 745. The normalized spacial score (nSPS) is 25.2. The lowest BCUT2D eigenvalue weighted by Gasteiger charge is -2.43. The minimum absolute atomic E-state index is 0.217. The zero-order chi connectivity index (χ0) is 18.3. The van der Waals surface area contributed by atoms with Crippen molar-refractivity contribution in [2.75, 3.05) is 13.2 Å². The van der Waals surface area contributed by atoms with Crippen molar-refractivity contribution in [2.45, 2.75) is 25.8 Å². The summed E-state index contributed by atoms with van der Waals surface area (Å²) in [7, 11) is 0. The molecule has 1 aliphatic carbocycles. The van der Waals surface area contributed by atoms with Crippen LogP contribution in [0, 0.1) is 11.8 Å². The quantitative estimate of drug-likeness (QED) is 0.626. The number of hydrogen-bond acceptors (Lipinski definition) is 4. The van der Waals surface area contributed by atoms with Crippen LogP contribution in [0.2, 0.25) is 0 Å². The second-order valence-electron chi connectivity index (χ2n) is 6.64. The topological polar surface area (TPSA) is 56.5 Å². The van der Waals surface area contributed by atoms with E-state index in [9.17, 15) is 9.59 Å². The fraction of sp³-hybridized carbons (Fsp3) is 0.381. The Balaban J connectivity index is 1.94. The van der Waals surface area contributed by atoms with Crippen molar-refractivity contribution in [3.63, 3.8) is 0 Å². The van der Waals surface area contributed by atoms with E-state index in [0.29, 0.717) is 6.61 Å². The van der Waals surface area contributed by atoms with Crippen LogP contribution < -0.4 is 4.57 Å². The van der Waals surface area contributed by atoms with E-state index < -0.39 is 11.8 Å². The molecule has 0 amide bonds. The van der Waals surface area contributed by atoms with Gasteiger partial charge in [0.25, 0.3) is 0 Å². The SMILES string of the molecule is CCOC(=O)[C@@H]1[C@@H]2c3ccccc3[C@@H]([C@@H]1C(=O)OCC)[n+]1ccccc12. The van der Waals surface area contributed by atoms with E-state index in [2.05, 4.69) is 10.6 Å². The maximum Gasteiger partial charge on any atom is 0.317 e. The molecule has 3 aliphatic rings. The van der Waals surface area contributed by atoms with Gasteiger partial charge in [-0.1, -0.05) is 30.3 Å². The third kappa shape index (κ3) is 2.34. The fourth-order valence-electron chi connectivity index (χ4n) is 4.54. The third-order valence-corrected chi connectivity index (χ3v) is 5.39. The summed E-state index contributed by atoms with van der Waals surface area (Å²) in [5, 5.41) is 0. The Labute approximate surface area is 152 Å². The molecule has 5 nitrogen and oxygen atoms in total. The van der Waals surface area contributed by atoms with E-state index in [1.54, 1.807) is 13.8 Å². The summed E-state index contributed by atoms with van der Waals surface area (Å²) in [6.07, 6.45) is 1.98. The Kier molecular flexibility index (Phi) is 4.23. The van der Waals surface area contributed by atoms with Gasteiger partial charge in [-0.25, -0.2) is 0 Å². The van der Waals surface area contributed by atoms with Crippen molar-refractivity contribution in [1.29, 1.82) is 0 Å². The van der Waals surface area contributed by atoms with Crippen LogP contribution >= 0.6 is 0 Å². The first kappa shape index (κ1) is 16.8. The number of fused-ring (bicyclic) bond motifs is 1. The highest BCUT2D eigenvalue weighted by Crippen LogP contribution is 2.52. The third-order valence-electron chi connectivity index (χ3n) is 5.39. The lowest BCUT2D eigenvalue weighted by atomic mass is 9.62. The molecule has 0 radical (unpaired) electrons. The van der Waals surface area contributed by atoms with Gasteiger partial charge in [0.15, 0.2) is 17.9 Å². The van der Waals surface area contributed by atoms with Crippen molar-refractivity contribution in [3.8, 4) is 0 Å². The van der Waals surface area contributed by atoms with E-state index in [-0.39, 0.29) is 30.5 Å². The second kappa shape index (κ2) is 6.56. The molecule has 5 heteroatoms. The summed E-state index contributed by atoms with van der Waals surface area (Å²) in [5.41, 5.74) is 3.22. The smallest absolute Gasteiger partial charge is 0.317 e. The van der Waals surface area contributed by atoms with Gasteiger partial charge in [0.05, 0.1) is 25.0 Å². The maximum atomic E-state index is 12.9. The minimum Gasteiger partial charge on any atom is -0.466 e. The molecule has 5 rings (SSSR count). The molecule has 2 aromatic rings. The summed E-state index contributed by atoms with van der Waals surface area (Å²) in [4.78, 5) is 25.8. The molecule has 0 saturated carbocycles. The molecule has 4 atom stereocenters. The molecule has 0 saturated heterocycles. The molecule has 0 spiro atoms. The van der Waals surface area contributed by atoms with Crippen LogP contribution in [0.5, 0.6) is 0 Å². The van der Waals surface area contributed by atoms with Gasteiger partial charge in [0, 0.05) is 17.7 Å². The maximum absolute atomic E-state index is 12.9. The number of rotatable bonds is 4. The zero-order valence-electron chi connectivity index (χ0n) is 14.9.